The Kier molecular flexibility index (Phi) is 6.59. The summed E-state index contributed by atoms with van der Waals surface area (Å²) in [5, 5.41) is 0. The zero-order valence-corrected chi connectivity index (χ0v) is 15.9. The van der Waals surface area contributed by atoms with Gasteiger partial charge in [-0.3, -0.25) is 0 Å². The summed E-state index contributed by atoms with van der Waals surface area (Å²) in [6.07, 6.45) is 6.35. The SMILES string of the molecule is CC(=O)[N+](CCCN1CCCCCC1)(c1ccccc1)c1ccccc1. The molecule has 0 unspecified atom stereocenters. The molecule has 1 fully saturated rings. The Bertz CT molecular complexity index is 636. The number of quaternary nitrogens is 1. The number of rotatable bonds is 6. The number of carbonyl (C=O) groups is 1. The minimum absolute atomic E-state index is 0.179. The number of nitrogens with zero attached hydrogens (tertiary/aromatic N) is 2. The number of amides is 1. The fourth-order valence-electron chi connectivity index (χ4n) is 4.18. The first-order valence-electron chi connectivity index (χ1n) is 9.96. The Hall–Kier alpha value is -1.97. The van der Waals surface area contributed by atoms with Gasteiger partial charge in [0.15, 0.2) is 0 Å². The summed E-state index contributed by atoms with van der Waals surface area (Å²) in [5.74, 6) is 0.179. The van der Waals surface area contributed by atoms with Gasteiger partial charge in [0, 0.05) is 37.2 Å². The smallest absolute Gasteiger partial charge is 0.303 e. The monoisotopic (exact) mass is 351 g/mol. The lowest BCUT2D eigenvalue weighted by atomic mass is 10.1. The Morgan fingerprint density at radius 3 is 1.81 bits per heavy atom. The van der Waals surface area contributed by atoms with Crippen LogP contribution in [0.25, 0.3) is 0 Å². The van der Waals surface area contributed by atoms with Crippen LogP contribution in [-0.4, -0.2) is 37.0 Å². The molecule has 1 amide bonds. The van der Waals surface area contributed by atoms with Crippen molar-refractivity contribution >= 4 is 17.3 Å². The molecule has 138 valence electrons. The summed E-state index contributed by atoms with van der Waals surface area (Å²) >= 11 is 0. The number of hydrogen-bond donors (Lipinski definition) is 0. The molecule has 1 aliphatic rings. The van der Waals surface area contributed by atoms with Crippen LogP contribution in [0.4, 0.5) is 11.4 Å². The molecule has 0 radical (unpaired) electrons. The van der Waals surface area contributed by atoms with E-state index in [-0.39, 0.29) is 5.91 Å². The Morgan fingerprint density at radius 2 is 1.35 bits per heavy atom. The van der Waals surface area contributed by atoms with E-state index in [9.17, 15) is 4.79 Å². The molecule has 1 aliphatic heterocycles. The molecule has 0 saturated carbocycles. The summed E-state index contributed by atoms with van der Waals surface area (Å²) in [4.78, 5) is 15.5. The molecule has 2 aromatic carbocycles. The Labute approximate surface area is 157 Å². The molecule has 3 rings (SSSR count). The topological polar surface area (TPSA) is 20.3 Å². The van der Waals surface area contributed by atoms with Crippen molar-refractivity contribution in [2.24, 2.45) is 0 Å². The molecule has 3 nitrogen and oxygen atoms in total. The molecule has 1 heterocycles. The van der Waals surface area contributed by atoms with Gasteiger partial charge in [-0.25, -0.2) is 4.79 Å². The second kappa shape index (κ2) is 9.11. The molecule has 0 spiro atoms. The zero-order chi connectivity index (χ0) is 18.2. The molecule has 0 atom stereocenters. The summed E-state index contributed by atoms with van der Waals surface area (Å²) < 4.78 is 0.301. The van der Waals surface area contributed by atoms with E-state index < -0.39 is 0 Å². The molecule has 0 aliphatic carbocycles. The molecule has 2 aromatic rings. The third kappa shape index (κ3) is 4.22. The average Bonchev–Trinajstić information content (AvgIpc) is 2.95. The van der Waals surface area contributed by atoms with Crippen LogP contribution in [-0.2, 0) is 4.79 Å². The summed E-state index contributed by atoms with van der Waals surface area (Å²) in [6.45, 7) is 6.02. The second-order valence-corrected chi connectivity index (χ2v) is 7.33. The van der Waals surface area contributed by atoms with Gasteiger partial charge in [0.2, 0.25) is 0 Å². The molecule has 3 heteroatoms. The highest BCUT2D eigenvalue weighted by Gasteiger charge is 2.38. The molecule has 1 saturated heterocycles. The third-order valence-corrected chi connectivity index (χ3v) is 5.60. The van der Waals surface area contributed by atoms with Gasteiger partial charge in [0.05, 0.1) is 13.5 Å². The average molecular weight is 352 g/mol. The highest BCUT2D eigenvalue weighted by atomic mass is 16.2. The fourth-order valence-corrected chi connectivity index (χ4v) is 4.18. The van der Waals surface area contributed by atoms with Gasteiger partial charge in [-0.2, -0.15) is 4.48 Å². The summed E-state index contributed by atoms with van der Waals surface area (Å²) in [5.41, 5.74) is 2.11. The number of benzene rings is 2. The van der Waals surface area contributed by atoms with E-state index in [4.69, 9.17) is 0 Å². The maximum atomic E-state index is 13.0. The van der Waals surface area contributed by atoms with Crippen LogP contribution in [0.5, 0.6) is 0 Å². The largest absolute Gasteiger partial charge is 0.320 e. The molecule has 0 N–H and O–H groups in total. The van der Waals surface area contributed by atoms with E-state index in [0.29, 0.717) is 4.48 Å². The Balaban J connectivity index is 1.84. The van der Waals surface area contributed by atoms with Crippen LogP contribution >= 0.6 is 0 Å². The van der Waals surface area contributed by atoms with Crippen molar-refractivity contribution in [2.45, 2.75) is 39.0 Å². The maximum absolute atomic E-state index is 13.0. The lowest BCUT2D eigenvalue weighted by Crippen LogP contribution is -2.50. The number of carbonyl (C=O) groups excluding carboxylic acids is 1. The fraction of sp³-hybridized carbons (Fsp3) is 0.435. The van der Waals surface area contributed by atoms with E-state index in [1.54, 1.807) is 6.92 Å². The third-order valence-electron chi connectivity index (χ3n) is 5.60. The lowest BCUT2D eigenvalue weighted by Gasteiger charge is -2.35. The maximum Gasteiger partial charge on any atom is 0.320 e. The van der Waals surface area contributed by atoms with Gasteiger partial charge in [-0.05, 0) is 25.9 Å². The highest BCUT2D eigenvalue weighted by molar-refractivity contribution is 5.93. The standard InChI is InChI=1S/C23H31N2O/c1-21(26)25(22-13-6-4-7-14-22,23-15-8-5-9-16-23)20-12-19-24-17-10-2-3-11-18-24/h4-9,13-16H,2-3,10-12,17-20H2,1H3/q+1. The molecular formula is C23H31N2O+. The van der Waals surface area contributed by atoms with Gasteiger partial charge < -0.3 is 4.90 Å². The summed E-state index contributed by atoms with van der Waals surface area (Å²) in [6, 6.07) is 20.5. The van der Waals surface area contributed by atoms with E-state index in [0.717, 1.165) is 30.9 Å². The van der Waals surface area contributed by atoms with E-state index in [1.807, 2.05) is 36.4 Å². The molecule has 0 bridgehead atoms. The van der Waals surface area contributed by atoms with E-state index >= 15 is 0 Å². The number of hydrogen-bond acceptors (Lipinski definition) is 2. The van der Waals surface area contributed by atoms with Gasteiger partial charge in [-0.1, -0.05) is 49.2 Å². The van der Waals surface area contributed by atoms with Crippen LogP contribution in [0, 0.1) is 0 Å². The minimum Gasteiger partial charge on any atom is -0.303 e. The highest BCUT2D eigenvalue weighted by Crippen LogP contribution is 2.35. The number of para-hydroxylation sites is 2. The van der Waals surface area contributed by atoms with Crippen molar-refractivity contribution < 1.29 is 4.79 Å². The van der Waals surface area contributed by atoms with Crippen molar-refractivity contribution in [3.8, 4) is 0 Å². The van der Waals surface area contributed by atoms with Crippen LogP contribution in [0.1, 0.15) is 39.0 Å². The molecule has 26 heavy (non-hydrogen) atoms. The van der Waals surface area contributed by atoms with Gasteiger partial charge in [0.25, 0.3) is 0 Å². The summed E-state index contributed by atoms with van der Waals surface area (Å²) in [7, 11) is 0. The molecular weight excluding hydrogens is 320 g/mol. The molecule has 0 aromatic heterocycles. The van der Waals surface area contributed by atoms with Crippen LogP contribution in [0.2, 0.25) is 0 Å². The predicted octanol–water partition coefficient (Wildman–Crippen LogP) is 5.14. The van der Waals surface area contributed by atoms with Crippen LogP contribution in [0.3, 0.4) is 0 Å². The van der Waals surface area contributed by atoms with Crippen molar-refractivity contribution in [3.05, 3.63) is 60.7 Å². The van der Waals surface area contributed by atoms with Crippen molar-refractivity contribution in [3.63, 3.8) is 0 Å². The van der Waals surface area contributed by atoms with E-state index in [1.165, 1.54) is 38.8 Å². The van der Waals surface area contributed by atoms with Crippen molar-refractivity contribution in [1.29, 1.82) is 0 Å². The quantitative estimate of drug-likeness (QED) is 0.672. The van der Waals surface area contributed by atoms with Crippen molar-refractivity contribution in [1.82, 2.24) is 9.38 Å². The zero-order valence-electron chi connectivity index (χ0n) is 15.9. The first kappa shape index (κ1) is 18.8. The van der Waals surface area contributed by atoms with Gasteiger partial charge in [0.1, 0.15) is 11.4 Å². The first-order chi connectivity index (χ1) is 12.7. The number of likely N-dealkylation sites (tertiary alicyclic amines) is 1. The van der Waals surface area contributed by atoms with Crippen molar-refractivity contribution in [2.75, 3.05) is 26.2 Å². The Morgan fingerprint density at radius 1 is 0.846 bits per heavy atom. The first-order valence-corrected chi connectivity index (χ1v) is 9.96. The second-order valence-electron chi connectivity index (χ2n) is 7.33. The minimum atomic E-state index is 0.179. The van der Waals surface area contributed by atoms with Gasteiger partial charge in [-0.15, -0.1) is 0 Å². The van der Waals surface area contributed by atoms with Crippen LogP contribution < -0.4 is 4.48 Å². The normalized spacial score (nSPS) is 16.2. The van der Waals surface area contributed by atoms with Gasteiger partial charge >= 0.3 is 5.91 Å². The lowest BCUT2D eigenvalue weighted by molar-refractivity contribution is -0.125. The predicted molar refractivity (Wildman–Crippen MR) is 109 cm³/mol. The van der Waals surface area contributed by atoms with Crippen LogP contribution in [0.15, 0.2) is 60.7 Å². The van der Waals surface area contributed by atoms with E-state index in [2.05, 4.69) is 29.2 Å².